The molecule has 0 atom stereocenters. The second-order valence-corrected chi connectivity index (χ2v) is 7.23. The molecular weight excluding hydrogens is 340 g/mol. The lowest BCUT2D eigenvalue weighted by Crippen LogP contribution is -2.10. The molecule has 0 radical (unpaired) electrons. The third kappa shape index (κ3) is 4.82. The van der Waals surface area contributed by atoms with Gasteiger partial charge in [-0.05, 0) is 53.4 Å². The van der Waals surface area contributed by atoms with Crippen LogP contribution in [-0.4, -0.2) is 21.0 Å². The highest BCUT2D eigenvalue weighted by Crippen LogP contribution is 2.24. The number of aromatic nitrogens is 2. The minimum absolute atomic E-state index is 0.106. The van der Waals surface area contributed by atoms with Crippen LogP contribution in [0.15, 0.2) is 60.8 Å². The van der Waals surface area contributed by atoms with Gasteiger partial charge in [-0.2, -0.15) is 4.98 Å². The zero-order valence-electron chi connectivity index (χ0n) is 15.5. The maximum atomic E-state index is 10.9. The largest absolute Gasteiger partial charge is 0.478 e. The Hall–Kier alpha value is -3.41. The first-order chi connectivity index (χ1) is 12.8. The number of hydrogen-bond acceptors (Lipinski definition) is 5. The van der Waals surface area contributed by atoms with Crippen LogP contribution in [-0.2, 0) is 5.41 Å². The average Bonchev–Trinajstić information content (AvgIpc) is 2.62. The van der Waals surface area contributed by atoms with Crippen LogP contribution in [0.1, 0.15) is 36.7 Å². The Bertz CT molecular complexity index is 930. The van der Waals surface area contributed by atoms with E-state index in [1.54, 1.807) is 36.5 Å². The van der Waals surface area contributed by atoms with Crippen LogP contribution in [0.2, 0.25) is 0 Å². The van der Waals surface area contributed by atoms with Gasteiger partial charge < -0.3 is 15.7 Å². The summed E-state index contributed by atoms with van der Waals surface area (Å²) in [5, 5.41) is 15.3. The topological polar surface area (TPSA) is 87.1 Å². The first-order valence-corrected chi connectivity index (χ1v) is 8.62. The van der Waals surface area contributed by atoms with Crippen LogP contribution in [0.4, 0.5) is 23.1 Å². The van der Waals surface area contributed by atoms with Crippen molar-refractivity contribution >= 4 is 29.1 Å². The van der Waals surface area contributed by atoms with Gasteiger partial charge in [-0.1, -0.05) is 32.9 Å². The molecule has 3 rings (SSSR count). The Labute approximate surface area is 158 Å². The van der Waals surface area contributed by atoms with Crippen LogP contribution < -0.4 is 10.6 Å². The van der Waals surface area contributed by atoms with E-state index >= 15 is 0 Å². The maximum Gasteiger partial charge on any atom is 0.335 e. The Morgan fingerprint density at radius 2 is 1.48 bits per heavy atom. The Kier molecular flexibility index (Phi) is 5.07. The maximum absolute atomic E-state index is 10.9. The quantitative estimate of drug-likeness (QED) is 0.595. The normalized spacial score (nSPS) is 11.1. The summed E-state index contributed by atoms with van der Waals surface area (Å²) in [5.41, 5.74) is 3.26. The van der Waals surface area contributed by atoms with Crippen LogP contribution in [0.3, 0.4) is 0 Å². The molecule has 1 aromatic heterocycles. The van der Waals surface area contributed by atoms with Gasteiger partial charge in [0.25, 0.3) is 0 Å². The van der Waals surface area contributed by atoms with E-state index in [1.165, 1.54) is 5.56 Å². The Morgan fingerprint density at radius 3 is 2.07 bits per heavy atom. The predicted molar refractivity (Wildman–Crippen MR) is 107 cm³/mol. The lowest BCUT2D eigenvalue weighted by Gasteiger charge is -2.19. The lowest BCUT2D eigenvalue weighted by atomic mass is 9.87. The van der Waals surface area contributed by atoms with Gasteiger partial charge in [0.2, 0.25) is 5.95 Å². The molecule has 0 bridgehead atoms. The number of carbonyl (C=O) groups is 1. The number of aromatic carboxylic acids is 1. The fraction of sp³-hybridized carbons (Fsp3) is 0.190. The molecule has 27 heavy (non-hydrogen) atoms. The van der Waals surface area contributed by atoms with E-state index in [1.807, 2.05) is 12.1 Å². The summed E-state index contributed by atoms with van der Waals surface area (Å²) < 4.78 is 0. The van der Waals surface area contributed by atoms with E-state index < -0.39 is 5.97 Å². The van der Waals surface area contributed by atoms with Crippen molar-refractivity contribution < 1.29 is 9.90 Å². The summed E-state index contributed by atoms with van der Waals surface area (Å²) in [4.78, 5) is 19.6. The molecule has 0 aliphatic carbocycles. The van der Waals surface area contributed by atoms with Gasteiger partial charge in [0, 0.05) is 17.6 Å². The highest BCUT2D eigenvalue weighted by molar-refractivity contribution is 5.88. The van der Waals surface area contributed by atoms with Gasteiger partial charge in [-0.3, -0.25) is 0 Å². The second-order valence-electron chi connectivity index (χ2n) is 7.23. The van der Waals surface area contributed by atoms with Crippen LogP contribution in [0.5, 0.6) is 0 Å². The SMILES string of the molecule is CC(C)(C)c1ccc(Nc2nccc(Nc3ccc(C(=O)O)cc3)n2)cc1. The molecule has 0 aliphatic heterocycles. The number of benzene rings is 2. The second kappa shape index (κ2) is 7.45. The molecule has 6 nitrogen and oxygen atoms in total. The average molecular weight is 362 g/mol. The van der Waals surface area contributed by atoms with E-state index in [0.29, 0.717) is 11.8 Å². The molecule has 3 N–H and O–H groups in total. The summed E-state index contributed by atoms with van der Waals surface area (Å²) in [6.45, 7) is 6.53. The lowest BCUT2D eigenvalue weighted by molar-refractivity contribution is 0.0697. The van der Waals surface area contributed by atoms with Crippen molar-refractivity contribution in [2.45, 2.75) is 26.2 Å². The molecule has 0 amide bonds. The Balaban J connectivity index is 1.71. The molecule has 138 valence electrons. The molecule has 6 heteroatoms. The molecule has 1 heterocycles. The first-order valence-electron chi connectivity index (χ1n) is 8.62. The number of nitrogens with zero attached hydrogens (tertiary/aromatic N) is 2. The molecule has 0 saturated carbocycles. The molecule has 0 aliphatic rings. The fourth-order valence-electron chi connectivity index (χ4n) is 2.52. The highest BCUT2D eigenvalue weighted by atomic mass is 16.4. The van der Waals surface area contributed by atoms with E-state index in [-0.39, 0.29) is 11.0 Å². The third-order valence-electron chi connectivity index (χ3n) is 4.07. The van der Waals surface area contributed by atoms with Crippen LogP contribution in [0, 0.1) is 0 Å². The van der Waals surface area contributed by atoms with Crippen molar-refractivity contribution in [1.82, 2.24) is 9.97 Å². The molecule has 0 unspecified atom stereocenters. The minimum atomic E-state index is -0.951. The molecule has 2 aromatic carbocycles. The van der Waals surface area contributed by atoms with Crippen LogP contribution >= 0.6 is 0 Å². The van der Waals surface area contributed by atoms with Crippen LogP contribution in [0.25, 0.3) is 0 Å². The highest BCUT2D eigenvalue weighted by Gasteiger charge is 2.13. The number of carboxylic acid groups (broad SMARTS) is 1. The van der Waals surface area contributed by atoms with Gasteiger partial charge in [0.05, 0.1) is 5.56 Å². The van der Waals surface area contributed by atoms with E-state index in [9.17, 15) is 4.79 Å². The number of anilines is 4. The van der Waals surface area contributed by atoms with Gasteiger partial charge in [0.15, 0.2) is 0 Å². The van der Waals surface area contributed by atoms with Crippen molar-refractivity contribution in [2.24, 2.45) is 0 Å². The van der Waals surface area contributed by atoms with Gasteiger partial charge in [0.1, 0.15) is 5.82 Å². The summed E-state index contributed by atoms with van der Waals surface area (Å²) >= 11 is 0. The number of carboxylic acids is 1. The minimum Gasteiger partial charge on any atom is -0.478 e. The van der Waals surface area contributed by atoms with Gasteiger partial charge in [-0.15, -0.1) is 0 Å². The fourth-order valence-corrected chi connectivity index (χ4v) is 2.52. The van der Waals surface area contributed by atoms with E-state index in [4.69, 9.17) is 5.11 Å². The number of rotatable bonds is 5. The molecule has 0 saturated heterocycles. The standard InChI is InChI=1S/C21H22N4O2/c1-21(2,3)15-6-10-17(11-7-15)24-20-22-13-12-18(25-20)23-16-8-4-14(5-9-16)19(26)27/h4-13H,1-3H3,(H,26,27)(H2,22,23,24,25). The summed E-state index contributed by atoms with van der Waals surface area (Å²) in [5.74, 6) is 0.139. The van der Waals surface area contributed by atoms with Crippen molar-refractivity contribution in [3.05, 3.63) is 71.9 Å². The van der Waals surface area contributed by atoms with Crippen molar-refractivity contribution in [3.63, 3.8) is 0 Å². The molecule has 0 fully saturated rings. The predicted octanol–water partition coefficient (Wildman–Crippen LogP) is 4.96. The van der Waals surface area contributed by atoms with Crippen molar-refractivity contribution in [1.29, 1.82) is 0 Å². The summed E-state index contributed by atoms with van der Waals surface area (Å²) in [6, 6.07) is 16.4. The van der Waals surface area contributed by atoms with E-state index in [0.717, 1.165) is 11.4 Å². The summed E-state index contributed by atoms with van der Waals surface area (Å²) in [7, 11) is 0. The zero-order valence-corrected chi connectivity index (χ0v) is 15.5. The summed E-state index contributed by atoms with van der Waals surface area (Å²) in [6.07, 6.45) is 1.66. The van der Waals surface area contributed by atoms with E-state index in [2.05, 4.69) is 53.5 Å². The first kappa shape index (κ1) is 18.4. The number of hydrogen-bond donors (Lipinski definition) is 3. The molecule has 0 spiro atoms. The van der Waals surface area contributed by atoms with Crippen molar-refractivity contribution in [2.75, 3.05) is 10.6 Å². The number of nitrogens with one attached hydrogen (secondary N) is 2. The zero-order chi connectivity index (χ0) is 19.4. The molecule has 3 aromatic rings. The Morgan fingerprint density at radius 1 is 0.889 bits per heavy atom. The molecular formula is C21H22N4O2. The monoisotopic (exact) mass is 362 g/mol. The van der Waals surface area contributed by atoms with Gasteiger partial charge >= 0.3 is 5.97 Å². The third-order valence-corrected chi connectivity index (χ3v) is 4.07. The van der Waals surface area contributed by atoms with Crippen molar-refractivity contribution in [3.8, 4) is 0 Å². The van der Waals surface area contributed by atoms with Gasteiger partial charge in [-0.25, -0.2) is 9.78 Å². The smallest absolute Gasteiger partial charge is 0.335 e.